The van der Waals surface area contributed by atoms with E-state index >= 15 is 0 Å². The second-order valence-corrected chi connectivity index (χ2v) is 6.25. The van der Waals surface area contributed by atoms with Crippen LogP contribution in [0, 0.1) is 0 Å². The van der Waals surface area contributed by atoms with E-state index in [9.17, 15) is 0 Å². The summed E-state index contributed by atoms with van der Waals surface area (Å²) in [5, 5.41) is -0.00148. The summed E-state index contributed by atoms with van der Waals surface area (Å²) in [5.74, 6) is 1.49. The maximum Gasteiger partial charge on any atom is 0.160 e. The predicted octanol–water partition coefficient (Wildman–Crippen LogP) is 4.85. The standard InChI is InChI=1S/C16H19ClO2S/c1-4-12-6-8-16(20-12)13(17)9-11-5-7-14(18-2)15(10-11)19-3/h5-8,10,13H,4,9H2,1-3H3. The van der Waals surface area contributed by atoms with Gasteiger partial charge in [-0.2, -0.15) is 0 Å². The lowest BCUT2D eigenvalue weighted by Crippen LogP contribution is -1.96. The van der Waals surface area contributed by atoms with Gasteiger partial charge in [-0.1, -0.05) is 13.0 Å². The lowest BCUT2D eigenvalue weighted by molar-refractivity contribution is 0.354. The third-order valence-electron chi connectivity index (χ3n) is 3.20. The van der Waals surface area contributed by atoms with Gasteiger partial charge in [0.25, 0.3) is 0 Å². The summed E-state index contributed by atoms with van der Waals surface area (Å²) in [6.45, 7) is 2.16. The lowest BCUT2D eigenvalue weighted by atomic mass is 10.1. The van der Waals surface area contributed by atoms with Crippen molar-refractivity contribution in [2.45, 2.75) is 25.1 Å². The molecule has 2 nitrogen and oxygen atoms in total. The Hall–Kier alpha value is -1.19. The Kier molecular flexibility index (Phi) is 5.32. The molecule has 1 aromatic carbocycles. The van der Waals surface area contributed by atoms with Crippen LogP contribution in [-0.2, 0) is 12.8 Å². The minimum absolute atomic E-state index is 0.00148. The Morgan fingerprint density at radius 3 is 2.45 bits per heavy atom. The number of benzene rings is 1. The van der Waals surface area contributed by atoms with E-state index in [0.29, 0.717) is 0 Å². The van der Waals surface area contributed by atoms with Gasteiger partial charge in [0, 0.05) is 9.75 Å². The van der Waals surface area contributed by atoms with Crippen molar-refractivity contribution in [3.8, 4) is 11.5 Å². The molecule has 0 aliphatic rings. The number of hydrogen-bond acceptors (Lipinski definition) is 3. The highest BCUT2D eigenvalue weighted by atomic mass is 35.5. The number of thiophene rings is 1. The van der Waals surface area contributed by atoms with Crippen LogP contribution in [0.15, 0.2) is 30.3 Å². The Bertz CT molecular complexity index is 565. The number of ether oxygens (including phenoxy) is 2. The zero-order valence-electron chi connectivity index (χ0n) is 12.0. The Morgan fingerprint density at radius 1 is 1.10 bits per heavy atom. The van der Waals surface area contributed by atoms with Crippen LogP contribution in [0.1, 0.15) is 27.6 Å². The molecular formula is C16H19ClO2S. The average molecular weight is 311 g/mol. The van der Waals surface area contributed by atoms with Gasteiger partial charge in [0.2, 0.25) is 0 Å². The van der Waals surface area contributed by atoms with Crippen LogP contribution in [-0.4, -0.2) is 14.2 Å². The normalized spacial score (nSPS) is 12.2. The number of alkyl halides is 1. The largest absolute Gasteiger partial charge is 0.493 e. The average Bonchev–Trinajstić information content (AvgIpc) is 2.96. The van der Waals surface area contributed by atoms with Gasteiger partial charge in [0.15, 0.2) is 11.5 Å². The lowest BCUT2D eigenvalue weighted by Gasteiger charge is -2.11. The van der Waals surface area contributed by atoms with E-state index in [4.69, 9.17) is 21.1 Å². The van der Waals surface area contributed by atoms with E-state index in [-0.39, 0.29) is 5.38 Å². The van der Waals surface area contributed by atoms with Crippen molar-refractivity contribution in [3.05, 3.63) is 45.6 Å². The fraction of sp³-hybridized carbons (Fsp3) is 0.375. The van der Waals surface area contributed by atoms with E-state index in [1.807, 2.05) is 18.2 Å². The molecule has 1 unspecified atom stereocenters. The maximum absolute atomic E-state index is 6.52. The molecule has 0 saturated carbocycles. The highest BCUT2D eigenvalue weighted by Crippen LogP contribution is 2.34. The number of aryl methyl sites for hydroxylation is 1. The molecule has 1 aromatic heterocycles. The molecule has 0 bridgehead atoms. The van der Waals surface area contributed by atoms with Crippen molar-refractivity contribution < 1.29 is 9.47 Å². The molecule has 108 valence electrons. The van der Waals surface area contributed by atoms with Crippen LogP contribution in [0.25, 0.3) is 0 Å². The summed E-state index contributed by atoms with van der Waals surface area (Å²) in [4.78, 5) is 2.59. The zero-order chi connectivity index (χ0) is 14.5. The summed E-state index contributed by atoms with van der Waals surface area (Å²) in [6, 6.07) is 10.2. The van der Waals surface area contributed by atoms with Crippen molar-refractivity contribution in [2.24, 2.45) is 0 Å². The molecule has 2 rings (SSSR count). The van der Waals surface area contributed by atoms with Gasteiger partial charge in [-0.05, 0) is 42.7 Å². The molecular weight excluding hydrogens is 292 g/mol. The molecule has 1 atom stereocenters. The van der Waals surface area contributed by atoms with Crippen molar-refractivity contribution in [2.75, 3.05) is 14.2 Å². The third-order valence-corrected chi connectivity index (χ3v) is 5.06. The molecule has 0 spiro atoms. The topological polar surface area (TPSA) is 18.5 Å². The molecule has 0 fully saturated rings. The zero-order valence-corrected chi connectivity index (χ0v) is 13.6. The second-order valence-electron chi connectivity index (χ2n) is 4.52. The SMILES string of the molecule is CCc1ccc(C(Cl)Cc2ccc(OC)c(OC)c2)s1. The number of methoxy groups -OCH3 is 2. The predicted molar refractivity (Wildman–Crippen MR) is 85.5 cm³/mol. The Labute approximate surface area is 129 Å². The van der Waals surface area contributed by atoms with Gasteiger partial charge in [0.05, 0.1) is 19.6 Å². The Balaban J connectivity index is 2.12. The minimum Gasteiger partial charge on any atom is -0.493 e. The van der Waals surface area contributed by atoms with Crippen LogP contribution in [0.5, 0.6) is 11.5 Å². The monoisotopic (exact) mass is 310 g/mol. The van der Waals surface area contributed by atoms with Gasteiger partial charge in [0.1, 0.15) is 0 Å². The third kappa shape index (κ3) is 3.47. The molecule has 4 heteroatoms. The number of halogens is 1. The first-order valence-corrected chi connectivity index (χ1v) is 7.86. The van der Waals surface area contributed by atoms with Gasteiger partial charge in [-0.3, -0.25) is 0 Å². The van der Waals surface area contributed by atoms with E-state index in [1.165, 1.54) is 9.75 Å². The van der Waals surface area contributed by atoms with Gasteiger partial charge in [-0.15, -0.1) is 22.9 Å². The van der Waals surface area contributed by atoms with E-state index in [2.05, 4.69) is 19.1 Å². The fourth-order valence-corrected chi connectivity index (χ4v) is 3.38. The summed E-state index contributed by atoms with van der Waals surface area (Å²) in [5.41, 5.74) is 1.15. The molecule has 0 aliphatic heterocycles. The summed E-state index contributed by atoms with van der Waals surface area (Å²) in [6.07, 6.45) is 1.84. The highest BCUT2D eigenvalue weighted by Gasteiger charge is 2.13. The van der Waals surface area contributed by atoms with Gasteiger partial charge in [-0.25, -0.2) is 0 Å². The van der Waals surface area contributed by atoms with E-state index < -0.39 is 0 Å². The fourth-order valence-electron chi connectivity index (χ4n) is 2.07. The van der Waals surface area contributed by atoms with Crippen LogP contribution in [0.3, 0.4) is 0 Å². The quantitative estimate of drug-likeness (QED) is 0.710. The van der Waals surface area contributed by atoms with Crippen LogP contribution in [0.2, 0.25) is 0 Å². The first-order chi connectivity index (χ1) is 9.67. The molecule has 1 heterocycles. The molecule has 0 radical (unpaired) electrons. The summed E-state index contributed by atoms with van der Waals surface area (Å²) < 4.78 is 10.6. The summed E-state index contributed by atoms with van der Waals surface area (Å²) in [7, 11) is 3.28. The van der Waals surface area contributed by atoms with Crippen molar-refractivity contribution >= 4 is 22.9 Å². The van der Waals surface area contributed by atoms with Crippen LogP contribution >= 0.6 is 22.9 Å². The van der Waals surface area contributed by atoms with Crippen molar-refractivity contribution in [3.63, 3.8) is 0 Å². The van der Waals surface area contributed by atoms with Crippen LogP contribution < -0.4 is 9.47 Å². The molecule has 0 aliphatic carbocycles. The first-order valence-electron chi connectivity index (χ1n) is 6.61. The van der Waals surface area contributed by atoms with Crippen molar-refractivity contribution in [1.82, 2.24) is 0 Å². The molecule has 0 amide bonds. The maximum atomic E-state index is 6.52. The van der Waals surface area contributed by atoms with Gasteiger partial charge < -0.3 is 9.47 Å². The van der Waals surface area contributed by atoms with Crippen molar-refractivity contribution in [1.29, 1.82) is 0 Å². The second kappa shape index (κ2) is 7.00. The van der Waals surface area contributed by atoms with Crippen LogP contribution in [0.4, 0.5) is 0 Å². The number of rotatable bonds is 6. The molecule has 0 saturated heterocycles. The van der Waals surface area contributed by atoms with Gasteiger partial charge >= 0.3 is 0 Å². The first kappa shape index (κ1) is 15.2. The highest BCUT2D eigenvalue weighted by molar-refractivity contribution is 7.12. The molecule has 2 aromatic rings. The van der Waals surface area contributed by atoms with E-state index in [1.54, 1.807) is 25.6 Å². The molecule has 20 heavy (non-hydrogen) atoms. The summed E-state index contributed by atoms with van der Waals surface area (Å²) >= 11 is 8.31. The van der Waals surface area contributed by atoms with E-state index in [0.717, 1.165) is 29.9 Å². The minimum atomic E-state index is -0.00148. The molecule has 0 N–H and O–H groups in total. The number of hydrogen-bond donors (Lipinski definition) is 0. The Morgan fingerprint density at radius 2 is 1.85 bits per heavy atom. The smallest absolute Gasteiger partial charge is 0.160 e.